The van der Waals surface area contributed by atoms with E-state index in [9.17, 15) is 0 Å². The minimum Gasteiger partial charge on any atom is -0.330 e. The Balaban J connectivity index is 2.47. The predicted octanol–water partition coefficient (Wildman–Crippen LogP) is 0.832. The van der Waals surface area contributed by atoms with Crippen molar-refractivity contribution in [3.63, 3.8) is 0 Å². The molecule has 0 heterocycles. The lowest BCUT2D eigenvalue weighted by Gasteiger charge is -1.96. The average Bonchev–Trinajstić information content (AvgIpc) is 2.37. The highest BCUT2D eigenvalue weighted by molar-refractivity contribution is 5.84. The van der Waals surface area contributed by atoms with Crippen molar-refractivity contribution in [2.24, 2.45) is 21.5 Å². The molecule has 4 heteroatoms. The van der Waals surface area contributed by atoms with Crippen LogP contribution < -0.4 is 11.5 Å². The molecule has 0 amide bonds. The molecule has 0 aliphatic rings. The second-order valence-corrected chi connectivity index (χ2v) is 3.67. The van der Waals surface area contributed by atoms with Gasteiger partial charge in [-0.1, -0.05) is 24.3 Å². The van der Waals surface area contributed by atoms with Crippen molar-refractivity contribution in [2.75, 3.05) is 26.2 Å². The number of nitrogens with zero attached hydrogens (tertiary/aromatic N) is 2. The minimum atomic E-state index is 0.586. The van der Waals surface area contributed by atoms with E-state index in [0.29, 0.717) is 19.6 Å². The van der Waals surface area contributed by atoms with Crippen LogP contribution in [-0.4, -0.2) is 38.6 Å². The van der Waals surface area contributed by atoms with Gasteiger partial charge < -0.3 is 11.5 Å². The molecule has 1 aromatic carbocycles. The molecule has 4 nitrogen and oxygen atoms in total. The van der Waals surface area contributed by atoms with Crippen molar-refractivity contribution in [2.45, 2.75) is 6.42 Å². The zero-order valence-corrected chi connectivity index (χ0v) is 10.0. The lowest BCUT2D eigenvalue weighted by Crippen LogP contribution is -2.02. The van der Waals surface area contributed by atoms with Crippen LogP contribution in [0, 0.1) is 0 Å². The standard InChI is InChI=1S/C13H20N4/c14-6-1-8-16-10-12-2-4-13(5-3-12)11-17-9-7-15/h2-5,10-11H,1,6-9,14-15H2/b16-10+,17-11+. The summed E-state index contributed by atoms with van der Waals surface area (Å²) < 4.78 is 0. The summed E-state index contributed by atoms with van der Waals surface area (Å²) in [4.78, 5) is 8.46. The number of hydrogen-bond acceptors (Lipinski definition) is 4. The number of hydrogen-bond donors (Lipinski definition) is 2. The molecule has 4 N–H and O–H groups in total. The predicted molar refractivity (Wildman–Crippen MR) is 74.1 cm³/mol. The number of nitrogens with two attached hydrogens (primary N) is 2. The van der Waals surface area contributed by atoms with Crippen LogP contribution in [0.15, 0.2) is 34.3 Å². The summed E-state index contributed by atoms with van der Waals surface area (Å²) in [6.45, 7) is 2.73. The lowest BCUT2D eigenvalue weighted by atomic mass is 10.1. The SMILES string of the molecule is NCCC/N=C/c1ccc(/C=N/CCN)cc1. The second kappa shape index (κ2) is 8.61. The topological polar surface area (TPSA) is 76.8 Å². The number of aliphatic imine (C=N–C) groups is 2. The molecule has 1 aromatic rings. The van der Waals surface area contributed by atoms with E-state index in [1.807, 2.05) is 36.7 Å². The maximum absolute atomic E-state index is 5.39. The monoisotopic (exact) mass is 232 g/mol. The first-order valence-corrected chi connectivity index (χ1v) is 5.86. The molecule has 0 bridgehead atoms. The normalized spacial score (nSPS) is 11.6. The Kier molecular flexibility index (Phi) is 6.86. The fraction of sp³-hybridized carbons (Fsp3) is 0.385. The summed E-state index contributed by atoms with van der Waals surface area (Å²) in [5.41, 5.74) is 12.9. The molecule has 0 radical (unpaired) electrons. The molecule has 0 aromatic heterocycles. The highest BCUT2D eigenvalue weighted by Gasteiger charge is 1.89. The fourth-order valence-corrected chi connectivity index (χ4v) is 1.27. The molecule has 0 unspecified atom stereocenters. The summed E-state index contributed by atoms with van der Waals surface area (Å²) in [6.07, 6.45) is 4.64. The molecule has 17 heavy (non-hydrogen) atoms. The first-order chi connectivity index (χ1) is 8.36. The summed E-state index contributed by atoms with van der Waals surface area (Å²) in [5, 5.41) is 0. The summed E-state index contributed by atoms with van der Waals surface area (Å²) in [7, 11) is 0. The fourth-order valence-electron chi connectivity index (χ4n) is 1.27. The highest BCUT2D eigenvalue weighted by Crippen LogP contribution is 2.00. The van der Waals surface area contributed by atoms with E-state index in [1.54, 1.807) is 0 Å². The Bertz CT molecular complexity index is 354. The van der Waals surface area contributed by atoms with E-state index in [-0.39, 0.29) is 0 Å². The Hall–Kier alpha value is -1.52. The minimum absolute atomic E-state index is 0.586. The molecule has 0 aliphatic heterocycles. The van der Waals surface area contributed by atoms with Gasteiger partial charge in [0.2, 0.25) is 0 Å². The zero-order chi connectivity index (χ0) is 12.3. The van der Waals surface area contributed by atoms with Gasteiger partial charge in [-0.2, -0.15) is 0 Å². The van der Waals surface area contributed by atoms with Crippen molar-refractivity contribution in [1.82, 2.24) is 0 Å². The first-order valence-electron chi connectivity index (χ1n) is 5.86. The van der Waals surface area contributed by atoms with Gasteiger partial charge in [0.05, 0.1) is 6.54 Å². The van der Waals surface area contributed by atoms with Crippen LogP contribution in [0.4, 0.5) is 0 Å². The van der Waals surface area contributed by atoms with Gasteiger partial charge in [-0.05, 0) is 24.1 Å². The maximum Gasteiger partial charge on any atom is 0.0512 e. The van der Waals surface area contributed by atoms with Gasteiger partial charge in [0, 0.05) is 25.5 Å². The smallest absolute Gasteiger partial charge is 0.0512 e. The van der Waals surface area contributed by atoms with Gasteiger partial charge in [0.1, 0.15) is 0 Å². The quantitative estimate of drug-likeness (QED) is 0.539. The third kappa shape index (κ3) is 5.94. The number of rotatable bonds is 7. The Morgan fingerprint density at radius 2 is 1.35 bits per heavy atom. The highest BCUT2D eigenvalue weighted by atomic mass is 14.7. The maximum atomic E-state index is 5.39. The van der Waals surface area contributed by atoms with Crippen LogP contribution in [0.25, 0.3) is 0 Å². The van der Waals surface area contributed by atoms with E-state index in [2.05, 4.69) is 9.98 Å². The molecule has 0 saturated carbocycles. The summed E-state index contributed by atoms with van der Waals surface area (Å²) in [6, 6.07) is 8.08. The molecule has 0 saturated heterocycles. The van der Waals surface area contributed by atoms with E-state index in [1.165, 1.54) is 0 Å². The Morgan fingerprint density at radius 1 is 0.824 bits per heavy atom. The van der Waals surface area contributed by atoms with Crippen molar-refractivity contribution >= 4 is 12.4 Å². The van der Waals surface area contributed by atoms with Crippen LogP contribution in [0.1, 0.15) is 17.5 Å². The molecular formula is C13H20N4. The second-order valence-electron chi connectivity index (χ2n) is 3.67. The molecule has 92 valence electrons. The Labute approximate surface area is 102 Å². The lowest BCUT2D eigenvalue weighted by molar-refractivity contribution is 0.847. The van der Waals surface area contributed by atoms with Crippen molar-refractivity contribution in [3.05, 3.63) is 35.4 Å². The van der Waals surface area contributed by atoms with Gasteiger partial charge >= 0.3 is 0 Å². The van der Waals surface area contributed by atoms with Crippen molar-refractivity contribution in [1.29, 1.82) is 0 Å². The van der Waals surface area contributed by atoms with Gasteiger partial charge in [-0.15, -0.1) is 0 Å². The molecule has 0 spiro atoms. The van der Waals surface area contributed by atoms with Crippen LogP contribution in [-0.2, 0) is 0 Å². The van der Waals surface area contributed by atoms with Gasteiger partial charge in [-0.3, -0.25) is 9.98 Å². The van der Waals surface area contributed by atoms with E-state index in [4.69, 9.17) is 11.5 Å². The van der Waals surface area contributed by atoms with E-state index in [0.717, 1.165) is 24.1 Å². The third-order valence-corrected chi connectivity index (χ3v) is 2.17. The molecule has 0 fully saturated rings. The molecule has 0 atom stereocenters. The largest absolute Gasteiger partial charge is 0.330 e. The van der Waals surface area contributed by atoms with Crippen LogP contribution in [0.2, 0.25) is 0 Å². The molecular weight excluding hydrogens is 212 g/mol. The van der Waals surface area contributed by atoms with Crippen LogP contribution >= 0.6 is 0 Å². The van der Waals surface area contributed by atoms with Gasteiger partial charge in [0.15, 0.2) is 0 Å². The van der Waals surface area contributed by atoms with Crippen LogP contribution in [0.5, 0.6) is 0 Å². The summed E-state index contributed by atoms with van der Waals surface area (Å²) in [5.74, 6) is 0. The van der Waals surface area contributed by atoms with E-state index < -0.39 is 0 Å². The molecule has 0 aliphatic carbocycles. The van der Waals surface area contributed by atoms with Crippen molar-refractivity contribution in [3.8, 4) is 0 Å². The molecule has 1 rings (SSSR count). The average molecular weight is 232 g/mol. The van der Waals surface area contributed by atoms with Gasteiger partial charge in [0.25, 0.3) is 0 Å². The number of benzene rings is 1. The van der Waals surface area contributed by atoms with Gasteiger partial charge in [-0.25, -0.2) is 0 Å². The zero-order valence-electron chi connectivity index (χ0n) is 10.0. The van der Waals surface area contributed by atoms with E-state index >= 15 is 0 Å². The van der Waals surface area contributed by atoms with Crippen molar-refractivity contribution < 1.29 is 0 Å². The first kappa shape index (κ1) is 13.5. The van der Waals surface area contributed by atoms with Crippen LogP contribution in [0.3, 0.4) is 0 Å². The summed E-state index contributed by atoms with van der Waals surface area (Å²) >= 11 is 0. The third-order valence-electron chi connectivity index (χ3n) is 2.17. The Morgan fingerprint density at radius 3 is 1.82 bits per heavy atom.